The molecule has 0 fully saturated rings. The lowest BCUT2D eigenvalue weighted by molar-refractivity contribution is 0.110. The van der Waals surface area contributed by atoms with Gasteiger partial charge in [-0.15, -0.1) is 0 Å². The third-order valence-electron chi connectivity index (χ3n) is 2.33. The van der Waals surface area contributed by atoms with Gasteiger partial charge in [-0.1, -0.05) is 13.8 Å². The third-order valence-corrected chi connectivity index (χ3v) is 2.33. The SMILES string of the molecule is CCOCCN(CC)CC(C)CNC. The van der Waals surface area contributed by atoms with Gasteiger partial charge in [-0.05, 0) is 33.0 Å². The van der Waals surface area contributed by atoms with Crippen molar-refractivity contribution in [3.63, 3.8) is 0 Å². The van der Waals surface area contributed by atoms with E-state index in [1.54, 1.807) is 0 Å². The first-order chi connectivity index (χ1) is 6.74. The minimum Gasteiger partial charge on any atom is -0.380 e. The summed E-state index contributed by atoms with van der Waals surface area (Å²) in [6.07, 6.45) is 0. The highest BCUT2D eigenvalue weighted by molar-refractivity contribution is 4.62. The molecule has 1 atom stereocenters. The Morgan fingerprint density at radius 1 is 1.36 bits per heavy atom. The minimum atomic E-state index is 0.710. The van der Waals surface area contributed by atoms with Crippen LogP contribution in [0.3, 0.4) is 0 Å². The van der Waals surface area contributed by atoms with E-state index in [4.69, 9.17) is 4.74 Å². The van der Waals surface area contributed by atoms with Gasteiger partial charge in [0.1, 0.15) is 0 Å². The maximum absolute atomic E-state index is 5.35. The molecule has 0 aromatic rings. The monoisotopic (exact) mass is 202 g/mol. The van der Waals surface area contributed by atoms with Crippen LogP contribution in [0, 0.1) is 5.92 Å². The number of hydrogen-bond acceptors (Lipinski definition) is 3. The average molecular weight is 202 g/mol. The van der Waals surface area contributed by atoms with Crippen molar-refractivity contribution in [3.05, 3.63) is 0 Å². The van der Waals surface area contributed by atoms with Crippen LogP contribution in [0.2, 0.25) is 0 Å². The Morgan fingerprint density at radius 3 is 2.57 bits per heavy atom. The summed E-state index contributed by atoms with van der Waals surface area (Å²) >= 11 is 0. The number of ether oxygens (including phenoxy) is 1. The van der Waals surface area contributed by atoms with Gasteiger partial charge in [0.15, 0.2) is 0 Å². The molecule has 0 radical (unpaired) electrons. The molecule has 0 rings (SSSR count). The Hall–Kier alpha value is -0.120. The molecule has 0 heterocycles. The highest BCUT2D eigenvalue weighted by atomic mass is 16.5. The topological polar surface area (TPSA) is 24.5 Å². The van der Waals surface area contributed by atoms with E-state index in [0.717, 1.165) is 39.4 Å². The van der Waals surface area contributed by atoms with Gasteiger partial charge in [-0.2, -0.15) is 0 Å². The van der Waals surface area contributed by atoms with Crippen molar-refractivity contribution >= 4 is 0 Å². The first-order valence-corrected chi connectivity index (χ1v) is 5.69. The molecule has 0 saturated carbocycles. The van der Waals surface area contributed by atoms with Crippen LogP contribution in [0.1, 0.15) is 20.8 Å². The molecule has 0 spiro atoms. The predicted molar refractivity (Wildman–Crippen MR) is 61.7 cm³/mol. The molecule has 3 nitrogen and oxygen atoms in total. The molecule has 0 aromatic heterocycles. The fourth-order valence-corrected chi connectivity index (χ4v) is 1.57. The predicted octanol–water partition coefficient (Wildman–Crippen LogP) is 1.20. The highest BCUT2D eigenvalue weighted by Gasteiger charge is 2.07. The maximum atomic E-state index is 5.35. The van der Waals surface area contributed by atoms with Gasteiger partial charge in [0.25, 0.3) is 0 Å². The van der Waals surface area contributed by atoms with Crippen LogP contribution in [0.15, 0.2) is 0 Å². The van der Waals surface area contributed by atoms with E-state index in [1.165, 1.54) is 0 Å². The van der Waals surface area contributed by atoms with E-state index in [-0.39, 0.29) is 0 Å². The molecule has 0 amide bonds. The third kappa shape index (κ3) is 7.30. The van der Waals surface area contributed by atoms with Crippen LogP contribution in [0.5, 0.6) is 0 Å². The van der Waals surface area contributed by atoms with Crippen molar-refractivity contribution in [2.75, 3.05) is 46.4 Å². The van der Waals surface area contributed by atoms with Gasteiger partial charge < -0.3 is 15.0 Å². The molecule has 0 aliphatic heterocycles. The normalized spacial score (nSPS) is 13.5. The van der Waals surface area contributed by atoms with Gasteiger partial charge in [-0.25, -0.2) is 0 Å². The quantitative estimate of drug-likeness (QED) is 0.569. The second-order valence-corrected chi connectivity index (χ2v) is 3.75. The number of nitrogens with one attached hydrogen (secondary N) is 1. The number of rotatable bonds is 9. The molecule has 14 heavy (non-hydrogen) atoms. The molecule has 0 saturated heterocycles. The summed E-state index contributed by atoms with van der Waals surface area (Å²) in [6.45, 7) is 12.6. The van der Waals surface area contributed by atoms with E-state index in [1.807, 2.05) is 14.0 Å². The summed E-state index contributed by atoms with van der Waals surface area (Å²) in [5.74, 6) is 0.710. The van der Waals surface area contributed by atoms with E-state index < -0.39 is 0 Å². The van der Waals surface area contributed by atoms with Crippen LogP contribution in [0.4, 0.5) is 0 Å². The first kappa shape index (κ1) is 13.9. The molecule has 86 valence electrons. The largest absolute Gasteiger partial charge is 0.380 e. The van der Waals surface area contributed by atoms with Crippen LogP contribution in [-0.2, 0) is 4.74 Å². The van der Waals surface area contributed by atoms with Gasteiger partial charge in [-0.3, -0.25) is 0 Å². The van der Waals surface area contributed by atoms with Crippen molar-refractivity contribution in [2.45, 2.75) is 20.8 Å². The van der Waals surface area contributed by atoms with Gasteiger partial charge in [0.2, 0.25) is 0 Å². The molecular formula is C11H26N2O. The Morgan fingerprint density at radius 2 is 2.07 bits per heavy atom. The summed E-state index contributed by atoms with van der Waals surface area (Å²) in [7, 11) is 2.01. The van der Waals surface area contributed by atoms with E-state index in [2.05, 4.69) is 24.1 Å². The molecule has 1 N–H and O–H groups in total. The van der Waals surface area contributed by atoms with Crippen LogP contribution in [0.25, 0.3) is 0 Å². The van der Waals surface area contributed by atoms with Gasteiger partial charge in [0.05, 0.1) is 6.61 Å². The Bertz CT molecular complexity index is 120. The zero-order chi connectivity index (χ0) is 10.8. The summed E-state index contributed by atoms with van der Waals surface area (Å²) in [5.41, 5.74) is 0. The minimum absolute atomic E-state index is 0.710. The zero-order valence-electron chi connectivity index (χ0n) is 10.2. The zero-order valence-corrected chi connectivity index (χ0v) is 10.2. The van der Waals surface area contributed by atoms with Crippen molar-refractivity contribution in [1.82, 2.24) is 10.2 Å². The molecule has 3 heteroatoms. The molecule has 0 aliphatic rings. The Kier molecular flexibility index (Phi) is 9.35. The van der Waals surface area contributed by atoms with E-state index >= 15 is 0 Å². The fourth-order valence-electron chi connectivity index (χ4n) is 1.57. The Labute approximate surface area is 88.8 Å². The van der Waals surface area contributed by atoms with Crippen LogP contribution in [-0.4, -0.2) is 51.3 Å². The van der Waals surface area contributed by atoms with Crippen LogP contribution < -0.4 is 5.32 Å². The summed E-state index contributed by atoms with van der Waals surface area (Å²) in [4.78, 5) is 2.44. The summed E-state index contributed by atoms with van der Waals surface area (Å²) in [5, 5.41) is 3.21. The number of likely N-dealkylation sites (N-methyl/N-ethyl adjacent to an activating group) is 1. The van der Waals surface area contributed by atoms with E-state index in [9.17, 15) is 0 Å². The van der Waals surface area contributed by atoms with Crippen molar-refractivity contribution < 1.29 is 4.74 Å². The fraction of sp³-hybridized carbons (Fsp3) is 1.00. The molecule has 1 unspecified atom stereocenters. The number of nitrogens with zero attached hydrogens (tertiary/aromatic N) is 1. The highest BCUT2D eigenvalue weighted by Crippen LogP contribution is 1.98. The van der Waals surface area contributed by atoms with E-state index in [0.29, 0.717) is 5.92 Å². The second kappa shape index (κ2) is 9.44. The van der Waals surface area contributed by atoms with Crippen molar-refractivity contribution in [3.8, 4) is 0 Å². The van der Waals surface area contributed by atoms with Gasteiger partial charge >= 0.3 is 0 Å². The number of hydrogen-bond donors (Lipinski definition) is 1. The summed E-state index contributed by atoms with van der Waals surface area (Å²) in [6, 6.07) is 0. The second-order valence-electron chi connectivity index (χ2n) is 3.75. The standard InChI is InChI=1S/C11H26N2O/c1-5-13(7-8-14-6-2)10-11(3)9-12-4/h11-12H,5-10H2,1-4H3. The average Bonchev–Trinajstić information content (AvgIpc) is 2.17. The molecule has 0 aromatic carbocycles. The molecule has 0 aliphatic carbocycles. The molecule has 0 bridgehead atoms. The molecular weight excluding hydrogens is 176 g/mol. The Balaban J connectivity index is 3.55. The van der Waals surface area contributed by atoms with Crippen molar-refractivity contribution in [1.29, 1.82) is 0 Å². The first-order valence-electron chi connectivity index (χ1n) is 5.69. The van der Waals surface area contributed by atoms with Crippen molar-refractivity contribution in [2.24, 2.45) is 5.92 Å². The maximum Gasteiger partial charge on any atom is 0.0593 e. The van der Waals surface area contributed by atoms with Crippen LogP contribution >= 0.6 is 0 Å². The summed E-state index contributed by atoms with van der Waals surface area (Å²) < 4.78 is 5.35. The van der Waals surface area contributed by atoms with Gasteiger partial charge in [0, 0.05) is 19.7 Å². The lowest BCUT2D eigenvalue weighted by Crippen LogP contribution is -2.34. The lowest BCUT2D eigenvalue weighted by atomic mass is 10.1. The smallest absolute Gasteiger partial charge is 0.0593 e. The lowest BCUT2D eigenvalue weighted by Gasteiger charge is -2.23.